The maximum Gasteiger partial charge on any atom is 0.346 e. The van der Waals surface area contributed by atoms with Gasteiger partial charge in [-0.15, -0.1) is 0 Å². The first-order valence-electron chi connectivity index (χ1n) is 9.78. The highest BCUT2D eigenvalue weighted by molar-refractivity contribution is 5.96. The lowest BCUT2D eigenvalue weighted by Crippen LogP contribution is -2.15. The maximum atomic E-state index is 13.0. The standard InChI is InChI=1S/C24H32O6/c1-8-11-28-20-10-9-19(21(30-15-25)13-17(4)5)23(27-7)22(20)24(26)29-14-18(6)12-16(2)3/h8-10,12,15,17,21H,1,6,11,13-14H2,2-5,7H3. The third-order valence-electron chi connectivity index (χ3n) is 4.05. The Morgan fingerprint density at radius 1 is 1.23 bits per heavy atom. The van der Waals surface area contributed by atoms with Crippen molar-refractivity contribution in [2.24, 2.45) is 5.92 Å². The van der Waals surface area contributed by atoms with E-state index in [-0.39, 0.29) is 30.4 Å². The summed E-state index contributed by atoms with van der Waals surface area (Å²) in [6.07, 6.45) is 3.40. The van der Waals surface area contributed by atoms with Crippen LogP contribution in [0.2, 0.25) is 0 Å². The van der Waals surface area contributed by atoms with E-state index in [1.54, 1.807) is 18.2 Å². The molecule has 1 aromatic carbocycles. The van der Waals surface area contributed by atoms with Crippen LogP contribution >= 0.6 is 0 Å². The van der Waals surface area contributed by atoms with E-state index in [0.29, 0.717) is 29.8 Å². The minimum Gasteiger partial charge on any atom is -0.495 e. The molecule has 0 fully saturated rings. The Bertz CT molecular complexity index is 787. The van der Waals surface area contributed by atoms with Gasteiger partial charge in [0.2, 0.25) is 0 Å². The Labute approximate surface area is 179 Å². The topological polar surface area (TPSA) is 71.1 Å². The summed E-state index contributed by atoms with van der Waals surface area (Å²) in [6, 6.07) is 3.37. The summed E-state index contributed by atoms with van der Waals surface area (Å²) in [7, 11) is 1.45. The summed E-state index contributed by atoms with van der Waals surface area (Å²) in [5, 5.41) is 0. The average molecular weight is 417 g/mol. The molecular weight excluding hydrogens is 384 g/mol. The largest absolute Gasteiger partial charge is 0.495 e. The molecule has 0 bridgehead atoms. The van der Waals surface area contributed by atoms with Gasteiger partial charge in [-0.1, -0.05) is 44.7 Å². The molecule has 1 aromatic rings. The van der Waals surface area contributed by atoms with Gasteiger partial charge < -0.3 is 18.9 Å². The van der Waals surface area contributed by atoms with E-state index in [1.807, 2.05) is 33.8 Å². The number of rotatable bonds is 13. The number of carbonyl (C=O) groups is 2. The van der Waals surface area contributed by atoms with Crippen LogP contribution in [0.4, 0.5) is 0 Å². The lowest BCUT2D eigenvalue weighted by atomic mass is 9.96. The van der Waals surface area contributed by atoms with Gasteiger partial charge in [-0.05, 0) is 43.9 Å². The van der Waals surface area contributed by atoms with Gasteiger partial charge in [0.25, 0.3) is 6.47 Å². The van der Waals surface area contributed by atoms with Crippen LogP contribution in [-0.4, -0.2) is 32.8 Å². The van der Waals surface area contributed by atoms with Crippen molar-refractivity contribution in [1.82, 2.24) is 0 Å². The Morgan fingerprint density at radius 3 is 2.47 bits per heavy atom. The lowest BCUT2D eigenvalue weighted by Gasteiger charge is -2.23. The zero-order valence-electron chi connectivity index (χ0n) is 18.5. The van der Waals surface area contributed by atoms with Crippen LogP contribution in [0.3, 0.4) is 0 Å². The number of hydrogen-bond acceptors (Lipinski definition) is 6. The number of methoxy groups -OCH3 is 1. The Morgan fingerprint density at radius 2 is 1.93 bits per heavy atom. The summed E-state index contributed by atoms with van der Waals surface area (Å²) in [5.74, 6) is 0.175. The molecule has 1 unspecified atom stereocenters. The number of carbonyl (C=O) groups excluding carboxylic acids is 2. The highest BCUT2D eigenvalue weighted by Gasteiger charge is 2.28. The van der Waals surface area contributed by atoms with Crippen LogP contribution in [0.5, 0.6) is 11.5 Å². The van der Waals surface area contributed by atoms with E-state index >= 15 is 0 Å². The molecule has 1 rings (SSSR count). The van der Waals surface area contributed by atoms with E-state index in [0.717, 1.165) is 5.57 Å². The molecule has 0 saturated carbocycles. The molecule has 6 nitrogen and oxygen atoms in total. The van der Waals surface area contributed by atoms with Gasteiger partial charge in [-0.25, -0.2) is 4.79 Å². The fourth-order valence-corrected chi connectivity index (χ4v) is 2.95. The lowest BCUT2D eigenvalue weighted by molar-refractivity contribution is -0.134. The Kier molecular flexibility index (Phi) is 10.4. The number of benzene rings is 1. The van der Waals surface area contributed by atoms with Gasteiger partial charge >= 0.3 is 5.97 Å². The monoisotopic (exact) mass is 416 g/mol. The molecule has 0 heterocycles. The molecule has 0 spiro atoms. The summed E-state index contributed by atoms with van der Waals surface area (Å²) < 4.78 is 22.0. The van der Waals surface area contributed by atoms with E-state index in [9.17, 15) is 9.59 Å². The van der Waals surface area contributed by atoms with Crippen LogP contribution in [0.1, 0.15) is 56.1 Å². The molecule has 0 aromatic heterocycles. The van der Waals surface area contributed by atoms with Crippen LogP contribution < -0.4 is 9.47 Å². The Hall–Kier alpha value is -3.02. The normalized spacial score (nSPS) is 11.3. The second-order valence-corrected chi connectivity index (χ2v) is 7.47. The molecule has 0 aliphatic heterocycles. The second-order valence-electron chi connectivity index (χ2n) is 7.47. The molecular formula is C24H32O6. The fourth-order valence-electron chi connectivity index (χ4n) is 2.95. The van der Waals surface area contributed by atoms with Crippen molar-refractivity contribution in [2.75, 3.05) is 20.3 Å². The molecule has 30 heavy (non-hydrogen) atoms. The van der Waals surface area contributed by atoms with Crippen molar-refractivity contribution < 1.29 is 28.5 Å². The van der Waals surface area contributed by atoms with Crippen molar-refractivity contribution in [3.63, 3.8) is 0 Å². The van der Waals surface area contributed by atoms with Crippen molar-refractivity contribution >= 4 is 12.4 Å². The molecule has 0 aliphatic carbocycles. The summed E-state index contributed by atoms with van der Waals surface area (Å²) >= 11 is 0. The molecule has 0 saturated heterocycles. The van der Waals surface area contributed by atoms with Gasteiger partial charge in [0.15, 0.2) is 0 Å². The first kappa shape index (κ1) is 25.0. The number of hydrogen-bond donors (Lipinski definition) is 0. The average Bonchev–Trinajstić information content (AvgIpc) is 2.68. The smallest absolute Gasteiger partial charge is 0.346 e. The van der Waals surface area contributed by atoms with E-state index in [2.05, 4.69) is 13.2 Å². The minimum atomic E-state index is -0.620. The minimum absolute atomic E-state index is 0.0263. The summed E-state index contributed by atoms with van der Waals surface area (Å²) in [6.45, 7) is 16.0. The van der Waals surface area contributed by atoms with Crippen LogP contribution in [0, 0.1) is 5.92 Å². The SMILES string of the molecule is C=CCOc1ccc(C(CC(C)C)OC=O)c(OC)c1C(=O)OCC(=C)C=C(C)C. The summed E-state index contributed by atoms with van der Waals surface area (Å²) in [4.78, 5) is 24.0. The van der Waals surface area contributed by atoms with Crippen molar-refractivity contribution in [2.45, 2.75) is 40.2 Å². The van der Waals surface area contributed by atoms with E-state index < -0.39 is 12.1 Å². The number of ether oxygens (including phenoxy) is 4. The molecule has 1 atom stereocenters. The highest BCUT2D eigenvalue weighted by Crippen LogP contribution is 2.39. The van der Waals surface area contributed by atoms with Crippen molar-refractivity contribution in [3.8, 4) is 11.5 Å². The zero-order valence-corrected chi connectivity index (χ0v) is 18.5. The maximum absolute atomic E-state index is 13.0. The highest BCUT2D eigenvalue weighted by atomic mass is 16.5. The predicted molar refractivity (Wildman–Crippen MR) is 117 cm³/mol. The molecule has 0 N–H and O–H groups in total. The van der Waals surface area contributed by atoms with E-state index in [1.165, 1.54) is 7.11 Å². The van der Waals surface area contributed by atoms with Crippen LogP contribution in [0.25, 0.3) is 0 Å². The van der Waals surface area contributed by atoms with Gasteiger partial charge in [-0.2, -0.15) is 0 Å². The van der Waals surface area contributed by atoms with Gasteiger partial charge in [0.1, 0.15) is 36.4 Å². The van der Waals surface area contributed by atoms with E-state index in [4.69, 9.17) is 18.9 Å². The Balaban J connectivity index is 3.40. The predicted octanol–water partition coefficient (Wildman–Crippen LogP) is 5.20. The number of esters is 1. The third kappa shape index (κ3) is 7.43. The first-order valence-corrected chi connectivity index (χ1v) is 9.78. The third-order valence-corrected chi connectivity index (χ3v) is 4.05. The van der Waals surface area contributed by atoms with Gasteiger partial charge in [0.05, 0.1) is 7.11 Å². The molecule has 0 radical (unpaired) electrons. The molecule has 164 valence electrons. The number of allylic oxidation sites excluding steroid dienone is 1. The van der Waals surface area contributed by atoms with Gasteiger partial charge in [0, 0.05) is 5.56 Å². The first-order chi connectivity index (χ1) is 14.2. The van der Waals surface area contributed by atoms with Gasteiger partial charge in [-0.3, -0.25) is 4.79 Å². The molecule has 0 aliphatic rings. The summed E-state index contributed by atoms with van der Waals surface area (Å²) in [5.41, 5.74) is 2.41. The van der Waals surface area contributed by atoms with Crippen molar-refractivity contribution in [3.05, 3.63) is 59.7 Å². The fraction of sp³-hybridized carbons (Fsp3) is 0.417. The second kappa shape index (κ2) is 12.5. The quantitative estimate of drug-likeness (QED) is 0.190. The molecule has 0 amide bonds. The molecule has 6 heteroatoms. The van der Waals surface area contributed by atoms with Crippen LogP contribution in [0.15, 0.2) is 48.6 Å². The zero-order chi connectivity index (χ0) is 22.7. The van der Waals surface area contributed by atoms with Crippen molar-refractivity contribution in [1.29, 1.82) is 0 Å². The van der Waals surface area contributed by atoms with Crippen LogP contribution in [-0.2, 0) is 14.3 Å².